The summed E-state index contributed by atoms with van der Waals surface area (Å²) in [6, 6.07) is 13.2. The van der Waals surface area contributed by atoms with E-state index in [0.29, 0.717) is 11.5 Å². The Morgan fingerprint density at radius 3 is 2.86 bits per heavy atom. The van der Waals surface area contributed by atoms with Gasteiger partial charge in [-0.15, -0.1) is 0 Å². The number of benzene rings is 1. The Kier molecular flexibility index (Phi) is 3.66. The average Bonchev–Trinajstić information content (AvgIpc) is 2.94. The van der Waals surface area contributed by atoms with E-state index in [2.05, 4.69) is 18.0 Å². The molecule has 0 unspecified atom stereocenters. The van der Waals surface area contributed by atoms with Crippen LogP contribution in [-0.2, 0) is 5.75 Å². The maximum absolute atomic E-state index is 10.8. The number of carbonyl (C=O) groups is 1. The number of fused-ring (bicyclic) bond motifs is 1. The second-order valence-electron chi connectivity index (χ2n) is 4.65. The summed E-state index contributed by atoms with van der Waals surface area (Å²) < 4.78 is 5.24. The number of thioether (sulfide) groups is 1. The summed E-state index contributed by atoms with van der Waals surface area (Å²) in [6.45, 7) is 2.06. The zero-order chi connectivity index (χ0) is 14.8. The Hall–Kier alpha value is -2.27. The molecule has 0 saturated heterocycles. The van der Waals surface area contributed by atoms with Gasteiger partial charge in [-0.2, -0.15) is 0 Å². The molecule has 5 heteroatoms. The lowest BCUT2D eigenvalue weighted by Gasteiger charge is -2.05. The second kappa shape index (κ2) is 5.61. The number of pyridine rings is 1. The molecule has 0 fully saturated rings. The number of carboxylic acids is 1. The first-order chi connectivity index (χ1) is 10.1. The summed E-state index contributed by atoms with van der Waals surface area (Å²) in [7, 11) is 0. The van der Waals surface area contributed by atoms with Gasteiger partial charge in [-0.25, -0.2) is 9.78 Å². The minimum absolute atomic E-state index is 0.0340. The molecule has 0 bridgehead atoms. The zero-order valence-electron chi connectivity index (χ0n) is 11.4. The van der Waals surface area contributed by atoms with E-state index in [1.807, 2.05) is 24.3 Å². The van der Waals surface area contributed by atoms with Crippen LogP contribution in [-0.4, -0.2) is 16.1 Å². The average molecular weight is 299 g/mol. The summed E-state index contributed by atoms with van der Waals surface area (Å²) in [6.07, 6.45) is 0. The predicted octanol–water partition coefficient (Wildman–Crippen LogP) is 4.13. The van der Waals surface area contributed by atoms with E-state index in [9.17, 15) is 4.79 Å². The Morgan fingerprint density at radius 1 is 1.29 bits per heavy atom. The number of hydrogen-bond acceptors (Lipinski definition) is 4. The largest absolute Gasteiger partial charge is 0.475 e. The van der Waals surface area contributed by atoms with E-state index in [4.69, 9.17) is 9.52 Å². The fourth-order valence-corrected chi connectivity index (χ4v) is 2.98. The van der Waals surface area contributed by atoms with Gasteiger partial charge in [0.1, 0.15) is 5.76 Å². The second-order valence-corrected chi connectivity index (χ2v) is 5.65. The number of para-hydroxylation sites is 1. The zero-order valence-corrected chi connectivity index (χ0v) is 12.2. The number of rotatable bonds is 4. The molecule has 0 aliphatic heterocycles. The fourth-order valence-electron chi connectivity index (χ4n) is 2.11. The molecule has 3 aromatic rings. The quantitative estimate of drug-likeness (QED) is 0.734. The van der Waals surface area contributed by atoms with Gasteiger partial charge >= 0.3 is 5.97 Å². The monoisotopic (exact) mass is 299 g/mol. The molecule has 0 saturated carbocycles. The fraction of sp³-hybridized carbons (Fsp3) is 0.125. The van der Waals surface area contributed by atoms with Crippen LogP contribution < -0.4 is 0 Å². The summed E-state index contributed by atoms with van der Waals surface area (Å²) in [5, 5.41) is 10.9. The van der Waals surface area contributed by atoms with E-state index in [-0.39, 0.29) is 5.76 Å². The molecule has 4 nitrogen and oxygen atoms in total. The van der Waals surface area contributed by atoms with Crippen molar-refractivity contribution in [1.82, 2.24) is 4.98 Å². The van der Waals surface area contributed by atoms with Crippen molar-refractivity contribution in [3.63, 3.8) is 0 Å². The molecule has 1 aromatic carbocycles. The molecule has 0 aliphatic carbocycles. The highest BCUT2D eigenvalue weighted by Crippen LogP contribution is 2.26. The van der Waals surface area contributed by atoms with E-state index in [0.717, 1.165) is 15.9 Å². The summed E-state index contributed by atoms with van der Waals surface area (Å²) in [4.78, 5) is 15.4. The lowest BCUT2D eigenvalue weighted by molar-refractivity contribution is 0.0661. The topological polar surface area (TPSA) is 63.3 Å². The number of aromatic nitrogens is 1. The van der Waals surface area contributed by atoms with Gasteiger partial charge in [0.2, 0.25) is 5.76 Å². The van der Waals surface area contributed by atoms with Crippen LogP contribution in [0.2, 0.25) is 0 Å². The van der Waals surface area contributed by atoms with Crippen LogP contribution in [0.15, 0.2) is 51.9 Å². The molecule has 2 aromatic heterocycles. The van der Waals surface area contributed by atoms with Crippen molar-refractivity contribution >= 4 is 28.6 Å². The smallest absolute Gasteiger partial charge is 0.371 e. The SMILES string of the molecule is Cc1cc(SCc2ccc(C(=O)O)o2)nc2ccccc12. The van der Waals surface area contributed by atoms with Crippen molar-refractivity contribution in [3.05, 3.63) is 59.5 Å². The Labute approximate surface area is 125 Å². The highest BCUT2D eigenvalue weighted by atomic mass is 32.2. The third-order valence-corrected chi connectivity index (χ3v) is 4.07. The van der Waals surface area contributed by atoms with Gasteiger partial charge in [0.15, 0.2) is 0 Å². The van der Waals surface area contributed by atoms with Crippen LogP contribution in [0.25, 0.3) is 10.9 Å². The third kappa shape index (κ3) is 2.92. The first-order valence-electron chi connectivity index (χ1n) is 6.44. The summed E-state index contributed by atoms with van der Waals surface area (Å²) in [5.74, 6) is 0.0992. The number of carboxylic acid groups (broad SMARTS) is 1. The van der Waals surface area contributed by atoms with Crippen LogP contribution in [0.3, 0.4) is 0 Å². The van der Waals surface area contributed by atoms with E-state index >= 15 is 0 Å². The Balaban J connectivity index is 1.80. The van der Waals surface area contributed by atoms with Gasteiger partial charge in [-0.05, 0) is 36.8 Å². The molecule has 21 heavy (non-hydrogen) atoms. The molecule has 0 aliphatic rings. The molecule has 3 rings (SSSR count). The highest BCUT2D eigenvalue weighted by molar-refractivity contribution is 7.98. The minimum Gasteiger partial charge on any atom is -0.475 e. The minimum atomic E-state index is -1.05. The van der Waals surface area contributed by atoms with Gasteiger partial charge < -0.3 is 9.52 Å². The molecule has 106 valence electrons. The lowest BCUT2D eigenvalue weighted by atomic mass is 10.1. The highest BCUT2D eigenvalue weighted by Gasteiger charge is 2.10. The first kappa shape index (κ1) is 13.7. The van der Waals surface area contributed by atoms with Crippen molar-refractivity contribution < 1.29 is 14.3 Å². The predicted molar refractivity (Wildman–Crippen MR) is 81.7 cm³/mol. The van der Waals surface area contributed by atoms with Crippen molar-refractivity contribution in [1.29, 1.82) is 0 Å². The molecule has 0 atom stereocenters. The first-order valence-corrected chi connectivity index (χ1v) is 7.43. The molecular weight excluding hydrogens is 286 g/mol. The van der Waals surface area contributed by atoms with E-state index in [1.54, 1.807) is 6.07 Å². The number of nitrogens with zero attached hydrogens (tertiary/aromatic N) is 1. The van der Waals surface area contributed by atoms with Crippen molar-refractivity contribution in [2.75, 3.05) is 0 Å². The van der Waals surface area contributed by atoms with Crippen molar-refractivity contribution in [3.8, 4) is 0 Å². The standard InChI is InChI=1S/C16H13NO3S/c1-10-8-15(17-13-5-3-2-4-12(10)13)21-9-11-6-7-14(20-11)16(18)19/h2-8H,9H2,1H3,(H,18,19). The van der Waals surface area contributed by atoms with Gasteiger partial charge in [0, 0.05) is 5.39 Å². The maximum atomic E-state index is 10.8. The number of aromatic carboxylic acids is 1. The van der Waals surface area contributed by atoms with Gasteiger partial charge in [0.25, 0.3) is 0 Å². The number of aryl methyl sites for hydroxylation is 1. The van der Waals surface area contributed by atoms with Crippen LogP contribution >= 0.6 is 11.8 Å². The lowest BCUT2D eigenvalue weighted by Crippen LogP contribution is -1.91. The molecule has 2 heterocycles. The van der Waals surface area contributed by atoms with Gasteiger partial charge in [-0.3, -0.25) is 0 Å². The molecule has 0 radical (unpaired) electrons. The van der Waals surface area contributed by atoms with E-state index in [1.165, 1.54) is 23.4 Å². The summed E-state index contributed by atoms with van der Waals surface area (Å²) in [5.41, 5.74) is 2.14. The summed E-state index contributed by atoms with van der Waals surface area (Å²) >= 11 is 1.53. The molecule has 0 amide bonds. The van der Waals surface area contributed by atoms with Gasteiger partial charge in [0.05, 0.1) is 16.3 Å². The third-order valence-electron chi connectivity index (χ3n) is 3.13. The van der Waals surface area contributed by atoms with Crippen molar-refractivity contribution in [2.45, 2.75) is 17.7 Å². The maximum Gasteiger partial charge on any atom is 0.371 e. The van der Waals surface area contributed by atoms with Crippen LogP contribution in [0.5, 0.6) is 0 Å². The van der Waals surface area contributed by atoms with Crippen LogP contribution in [0, 0.1) is 6.92 Å². The molecular formula is C16H13NO3S. The molecule has 0 spiro atoms. The van der Waals surface area contributed by atoms with Crippen LogP contribution in [0.4, 0.5) is 0 Å². The van der Waals surface area contributed by atoms with Crippen LogP contribution in [0.1, 0.15) is 21.9 Å². The number of furan rings is 1. The van der Waals surface area contributed by atoms with Crippen molar-refractivity contribution in [2.24, 2.45) is 0 Å². The van der Waals surface area contributed by atoms with Gasteiger partial charge in [-0.1, -0.05) is 30.0 Å². The molecule has 1 N–H and O–H groups in total. The normalized spacial score (nSPS) is 10.9. The Bertz CT molecular complexity index is 810. The number of hydrogen-bond donors (Lipinski definition) is 1. The Morgan fingerprint density at radius 2 is 2.10 bits per heavy atom. The van der Waals surface area contributed by atoms with E-state index < -0.39 is 5.97 Å².